The van der Waals surface area contributed by atoms with E-state index >= 15 is 0 Å². The molecule has 0 aromatic heterocycles. The molecule has 1 aromatic carbocycles. The number of amides is 1. The summed E-state index contributed by atoms with van der Waals surface area (Å²) in [4.78, 5) is 16.8. The molecule has 0 saturated carbocycles. The van der Waals surface area contributed by atoms with Gasteiger partial charge in [0.05, 0.1) is 6.61 Å². The van der Waals surface area contributed by atoms with E-state index in [9.17, 15) is 9.90 Å². The summed E-state index contributed by atoms with van der Waals surface area (Å²) in [5.41, 5.74) is 6.67. The zero-order valence-electron chi connectivity index (χ0n) is 10.8. The first kappa shape index (κ1) is 12.9. The maximum absolute atomic E-state index is 11.6. The monoisotopic (exact) mass is 261 g/mol. The molecule has 0 atom stereocenters. The Morgan fingerprint density at radius 1 is 1.53 bits per heavy atom. The number of hydrogen-bond acceptors (Lipinski definition) is 5. The van der Waals surface area contributed by atoms with Crippen LogP contribution in [0.5, 0.6) is 11.5 Å². The van der Waals surface area contributed by atoms with Crippen LogP contribution in [0.3, 0.4) is 0 Å². The third-order valence-corrected chi connectivity index (χ3v) is 2.73. The molecule has 100 valence electrons. The summed E-state index contributed by atoms with van der Waals surface area (Å²) in [6, 6.07) is 4.85. The maximum atomic E-state index is 11.6. The standard InChI is InChI=1S/C13H15N3O3/c1-3-19-11-7-8(4-5-10(11)17)6-9-12(18)15-13(14)16(9)2/h4-7,17H,3H2,1-2H3,(H2,14,15,18)/b9-6-. The van der Waals surface area contributed by atoms with E-state index in [1.165, 1.54) is 11.0 Å². The van der Waals surface area contributed by atoms with Crippen molar-refractivity contribution in [3.05, 3.63) is 29.5 Å². The van der Waals surface area contributed by atoms with Crippen molar-refractivity contribution in [3.8, 4) is 11.5 Å². The van der Waals surface area contributed by atoms with Crippen molar-refractivity contribution < 1.29 is 14.6 Å². The molecule has 1 aliphatic rings. The number of hydrogen-bond donors (Lipinski definition) is 2. The van der Waals surface area contributed by atoms with E-state index in [2.05, 4.69) is 4.99 Å². The molecule has 0 fully saturated rings. The van der Waals surface area contributed by atoms with Gasteiger partial charge in [-0.2, -0.15) is 4.99 Å². The van der Waals surface area contributed by atoms with Crippen LogP contribution >= 0.6 is 0 Å². The quantitative estimate of drug-likeness (QED) is 0.790. The van der Waals surface area contributed by atoms with Crippen LogP contribution < -0.4 is 10.5 Å². The normalized spacial score (nSPS) is 16.9. The number of nitrogens with two attached hydrogens (primary N) is 1. The SMILES string of the molecule is CCOc1cc(/C=C2/C(=O)N=C(N)N2C)ccc1O. The Balaban J connectivity index is 2.34. The van der Waals surface area contributed by atoms with Gasteiger partial charge in [-0.25, -0.2) is 0 Å². The highest BCUT2D eigenvalue weighted by Crippen LogP contribution is 2.28. The Morgan fingerprint density at radius 2 is 2.26 bits per heavy atom. The molecule has 6 heteroatoms. The number of carbonyl (C=O) groups excluding carboxylic acids is 1. The van der Waals surface area contributed by atoms with Gasteiger partial charge in [-0.05, 0) is 30.7 Å². The third kappa shape index (κ3) is 2.52. The minimum atomic E-state index is -0.383. The van der Waals surface area contributed by atoms with Crippen molar-refractivity contribution in [1.82, 2.24) is 4.90 Å². The van der Waals surface area contributed by atoms with Crippen LogP contribution in [0.1, 0.15) is 12.5 Å². The maximum Gasteiger partial charge on any atom is 0.296 e. The van der Waals surface area contributed by atoms with E-state index in [0.717, 1.165) is 5.56 Å². The second kappa shape index (κ2) is 5.01. The first-order valence-electron chi connectivity index (χ1n) is 5.82. The summed E-state index contributed by atoms with van der Waals surface area (Å²) in [6.45, 7) is 2.27. The number of phenols is 1. The molecule has 2 rings (SSSR count). The van der Waals surface area contributed by atoms with Gasteiger partial charge in [0.15, 0.2) is 11.5 Å². The first-order chi connectivity index (χ1) is 9.02. The highest BCUT2D eigenvalue weighted by Gasteiger charge is 2.24. The Labute approximate surface area is 110 Å². The average molecular weight is 261 g/mol. The minimum absolute atomic E-state index is 0.0610. The smallest absolute Gasteiger partial charge is 0.296 e. The molecular weight excluding hydrogens is 246 g/mol. The molecule has 0 spiro atoms. The Kier molecular flexibility index (Phi) is 3.41. The van der Waals surface area contributed by atoms with Gasteiger partial charge in [0.25, 0.3) is 5.91 Å². The van der Waals surface area contributed by atoms with Gasteiger partial charge >= 0.3 is 0 Å². The van der Waals surface area contributed by atoms with Gasteiger partial charge in [-0.1, -0.05) is 6.07 Å². The molecule has 3 N–H and O–H groups in total. The van der Waals surface area contributed by atoms with Crippen molar-refractivity contribution in [2.75, 3.05) is 13.7 Å². The average Bonchev–Trinajstić information content (AvgIpc) is 2.60. The highest BCUT2D eigenvalue weighted by atomic mass is 16.5. The van der Waals surface area contributed by atoms with Gasteiger partial charge in [0.1, 0.15) is 5.70 Å². The fraction of sp³-hybridized carbons (Fsp3) is 0.231. The Bertz CT molecular complexity index is 578. The van der Waals surface area contributed by atoms with Crippen LogP contribution in [0.15, 0.2) is 28.9 Å². The van der Waals surface area contributed by atoms with E-state index in [0.29, 0.717) is 18.1 Å². The number of nitrogens with zero attached hydrogens (tertiary/aromatic N) is 2. The predicted molar refractivity (Wildman–Crippen MR) is 71.6 cm³/mol. The lowest BCUT2D eigenvalue weighted by atomic mass is 10.1. The van der Waals surface area contributed by atoms with E-state index < -0.39 is 0 Å². The molecule has 19 heavy (non-hydrogen) atoms. The number of phenolic OH excluding ortho intramolecular Hbond substituents is 1. The summed E-state index contributed by atoms with van der Waals surface area (Å²) in [6.07, 6.45) is 1.65. The number of rotatable bonds is 3. The number of carbonyl (C=O) groups is 1. The summed E-state index contributed by atoms with van der Waals surface area (Å²) in [7, 11) is 1.67. The number of likely N-dealkylation sites (N-methyl/N-ethyl adjacent to an activating group) is 1. The fourth-order valence-corrected chi connectivity index (χ4v) is 1.71. The number of aromatic hydroxyl groups is 1. The second-order valence-electron chi connectivity index (χ2n) is 4.02. The molecule has 0 unspecified atom stereocenters. The van der Waals surface area contributed by atoms with Gasteiger partial charge in [-0.15, -0.1) is 0 Å². The van der Waals surface area contributed by atoms with Gasteiger partial charge in [-0.3, -0.25) is 4.79 Å². The molecule has 1 heterocycles. The van der Waals surface area contributed by atoms with E-state index in [-0.39, 0.29) is 17.6 Å². The van der Waals surface area contributed by atoms with Crippen molar-refractivity contribution in [3.63, 3.8) is 0 Å². The largest absolute Gasteiger partial charge is 0.504 e. The van der Waals surface area contributed by atoms with Gasteiger partial charge in [0, 0.05) is 7.05 Å². The molecule has 1 amide bonds. The van der Waals surface area contributed by atoms with Gasteiger partial charge in [0.2, 0.25) is 5.96 Å². The van der Waals surface area contributed by atoms with Gasteiger partial charge < -0.3 is 20.5 Å². The van der Waals surface area contributed by atoms with Crippen molar-refractivity contribution in [2.24, 2.45) is 10.7 Å². The third-order valence-electron chi connectivity index (χ3n) is 2.73. The van der Waals surface area contributed by atoms with Crippen molar-refractivity contribution in [2.45, 2.75) is 6.92 Å². The van der Waals surface area contributed by atoms with Crippen molar-refractivity contribution in [1.29, 1.82) is 0 Å². The van der Waals surface area contributed by atoms with Crippen LogP contribution in [0.25, 0.3) is 6.08 Å². The van der Waals surface area contributed by atoms with E-state index in [1.54, 1.807) is 25.3 Å². The number of aliphatic imine (C=N–C) groups is 1. The minimum Gasteiger partial charge on any atom is -0.504 e. The molecule has 0 saturated heterocycles. The molecule has 0 aliphatic carbocycles. The predicted octanol–water partition coefficient (Wildman–Crippen LogP) is 0.919. The van der Waals surface area contributed by atoms with Crippen LogP contribution in [0.2, 0.25) is 0 Å². The second-order valence-corrected chi connectivity index (χ2v) is 4.02. The lowest BCUT2D eigenvalue weighted by molar-refractivity contribution is -0.114. The molecule has 6 nitrogen and oxygen atoms in total. The van der Waals surface area contributed by atoms with Crippen LogP contribution in [0, 0.1) is 0 Å². The van der Waals surface area contributed by atoms with E-state index in [4.69, 9.17) is 10.5 Å². The highest BCUT2D eigenvalue weighted by molar-refractivity contribution is 6.12. The summed E-state index contributed by atoms with van der Waals surface area (Å²) < 4.78 is 5.29. The topological polar surface area (TPSA) is 88.1 Å². The lowest BCUT2D eigenvalue weighted by Crippen LogP contribution is -2.28. The number of ether oxygens (including phenoxy) is 1. The number of guanidine groups is 1. The zero-order chi connectivity index (χ0) is 14.0. The van der Waals surface area contributed by atoms with Crippen molar-refractivity contribution >= 4 is 17.9 Å². The fourth-order valence-electron chi connectivity index (χ4n) is 1.71. The molecular formula is C13H15N3O3. The summed E-state index contributed by atoms with van der Waals surface area (Å²) >= 11 is 0. The molecule has 0 bridgehead atoms. The van der Waals surface area contributed by atoms with Crippen LogP contribution in [-0.2, 0) is 4.79 Å². The molecule has 1 aliphatic heterocycles. The summed E-state index contributed by atoms with van der Waals surface area (Å²) in [5, 5.41) is 9.61. The first-order valence-corrected chi connectivity index (χ1v) is 5.82. The Morgan fingerprint density at radius 3 is 2.84 bits per heavy atom. The zero-order valence-corrected chi connectivity index (χ0v) is 10.8. The Hall–Kier alpha value is -2.50. The summed E-state index contributed by atoms with van der Waals surface area (Å²) in [5.74, 6) is 0.218. The molecule has 1 aromatic rings. The van der Waals surface area contributed by atoms with Crippen LogP contribution in [-0.4, -0.2) is 35.5 Å². The molecule has 0 radical (unpaired) electrons. The van der Waals surface area contributed by atoms with Crippen LogP contribution in [0.4, 0.5) is 0 Å². The lowest BCUT2D eigenvalue weighted by Gasteiger charge is -2.11. The van der Waals surface area contributed by atoms with E-state index in [1.807, 2.05) is 6.92 Å². The number of benzene rings is 1.